The Balaban J connectivity index is 2.33. The molecule has 3 amide bonds. The van der Waals surface area contributed by atoms with Gasteiger partial charge in [-0.25, -0.2) is 4.79 Å². The van der Waals surface area contributed by atoms with Gasteiger partial charge in [-0.3, -0.25) is 14.4 Å². The largest absolute Gasteiger partial charge is 0.467 e. The lowest BCUT2D eigenvalue weighted by Crippen LogP contribution is -2.61. The topological polar surface area (TPSA) is 108 Å². The quantitative estimate of drug-likeness (QED) is 0.235. The molecule has 1 aliphatic rings. The molecular formula is C33H50N4O5. The molecule has 9 nitrogen and oxygen atoms in total. The fourth-order valence-corrected chi connectivity index (χ4v) is 5.44. The van der Waals surface area contributed by atoms with Gasteiger partial charge in [0.1, 0.15) is 12.1 Å². The molecule has 1 aliphatic heterocycles. The minimum atomic E-state index is -0.824. The monoisotopic (exact) mass is 582 g/mol. The zero-order valence-electron chi connectivity index (χ0n) is 27.1. The molecule has 1 heterocycles. The van der Waals surface area contributed by atoms with Gasteiger partial charge in [0.25, 0.3) is 5.91 Å². The summed E-state index contributed by atoms with van der Waals surface area (Å²) in [6.45, 7) is 15.7. The molecule has 232 valence electrons. The lowest BCUT2D eigenvalue weighted by atomic mass is 9.76. The van der Waals surface area contributed by atoms with E-state index in [0.29, 0.717) is 12.1 Å². The van der Waals surface area contributed by atoms with Crippen LogP contribution in [-0.2, 0) is 29.3 Å². The molecule has 0 aliphatic carbocycles. The highest BCUT2D eigenvalue weighted by atomic mass is 16.5. The maximum absolute atomic E-state index is 14.1. The van der Waals surface area contributed by atoms with Crippen LogP contribution in [0.2, 0.25) is 0 Å². The normalized spacial score (nSPS) is 18.0. The molecule has 0 fully saturated rings. The molecule has 0 spiro atoms. The van der Waals surface area contributed by atoms with Crippen LogP contribution in [0.15, 0.2) is 54.1 Å². The van der Waals surface area contributed by atoms with Crippen molar-refractivity contribution in [2.75, 3.05) is 27.7 Å². The Hall–Kier alpha value is -3.46. The molecular weight excluding hydrogens is 532 g/mol. The highest BCUT2D eigenvalue weighted by Crippen LogP contribution is 2.29. The number of ether oxygens (including phenoxy) is 1. The van der Waals surface area contributed by atoms with Gasteiger partial charge in [-0.05, 0) is 30.9 Å². The number of amides is 3. The molecule has 1 aromatic carbocycles. The summed E-state index contributed by atoms with van der Waals surface area (Å²) in [4.78, 5) is 56.4. The fraction of sp³-hybridized carbons (Fsp3) is 0.576. The third-order valence-corrected chi connectivity index (χ3v) is 8.09. The van der Waals surface area contributed by atoms with Crippen molar-refractivity contribution in [3.63, 3.8) is 0 Å². The van der Waals surface area contributed by atoms with Gasteiger partial charge < -0.3 is 25.2 Å². The van der Waals surface area contributed by atoms with Crippen LogP contribution in [0.4, 0.5) is 0 Å². The summed E-state index contributed by atoms with van der Waals surface area (Å²) >= 11 is 0. The Morgan fingerprint density at radius 2 is 1.64 bits per heavy atom. The van der Waals surface area contributed by atoms with E-state index < -0.39 is 41.0 Å². The Bertz CT molecular complexity index is 1180. The average molecular weight is 583 g/mol. The molecule has 0 radical (unpaired) electrons. The van der Waals surface area contributed by atoms with Gasteiger partial charge in [-0.1, -0.05) is 97.0 Å². The Labute approximate surface area is 251 Å². The van der Waals surface area contributed by atoms with Gasteiger partial charge in [0.05, 0.1) is 19.2 Å². The molecule has 0 aromatic heterocycles. The first-order valence-electron chi connectivity index (χ1n) is 14.5. The van der Waals surface area contributed by atoms with Crippen molar-refractivity contribution in [3.8, 4) is 0 Å². The second-order valence-corrected chi connectivity index (χ2v) is 13.0. The van der Waals surface area contributed by atoms with Gasteiger partial charge in [0.2, 0.25) is 11.8 Å². The minimum absolute atomic E-state index is 0.0341. The molecule has 1 aromatic rings. The predicted octanol–water partition coefficient (Wildman–Crippen LogP) is 3.45. The molecule has 0 saturated heterocycles. The highest BCUT2D eigenvalue weighted by Gasteiger charge is 2.42. The zero-order chi connectivity index (χ0) is 32.0. The fourth-order valence-electron chi connectivity index (χ4n) is 5.44. The molecule has 0 saturated carbocycles. The van der Waals surface area contributed by atoms with Gasteiger partial charge in [0.15, 0.2) is 0 Å². The van der Waals surface area contributed by atoms with E-state index >= 15 is 0 Å². The zero-order valence-corrected chi connectivity index (χ0v) is 27.1. The number of nitrogens with zero attached hydrogens (tertiary/aromatic N) is 2. The van der Waals surface area contributed by atoms with E-state index in [1.807, 2.05) is 78.8 Å². The minimum Gasteiger partial charge on any atom is -0.467 e. The molecule has 9 heteroatoms. The number of hydrogen-bond acceptors (Lipinski definition) is 6. The predicted molar refractivity (Wildman–Crippen MR) is 166 cm³/mol. The molecule has 4 atom stereocenters. The van der Waals surface area contributed by atoms with Crippen LogP contribution in [0, 0.1) is 11.3 Å². The molecule has 2 rings (SSSR count). The Morgan fingerprint density at radius 3 is 2.14 bits per heavy atom. The van der Waals surface area contributed by atoms with Crippen molar-refractivity contribution in [2.45, 2.75) is 85.0 Å². The second kappa shape index (κ2) is 14.1. The number of carbonyl (C=O) groups is 4. The number of carbonyl (C=O) groups excluding carboxylic acids is 4. The summed E-state index contributed by atoms with van der Waals surface area (Å²) in [6, 6.07) is 7.18. The van der Waals surface area contributed by atoms with Crippen molar-refractivity contribution >= 4 is 23.7 Å². The first-order chi connectivity index (χ1) is 19.5. The van der Waals surface area contributed by atoms with Crippen LogP contribution in [0.1, 0.15) is 61.0 Å². The lowest BCUT2D eigenvalue weighted by molar-refractivity contribution is -0.148. The number of hydrogen-bond donors (Lipinski definition) is 2. The van der Waals surface area contributed by atoms with E-state index in [1.54, 1.807) is 44.1 Å². The third kappa shape index (κ3) is 7.88. The van der Waals surface area contributed by atoms with Crippen molar-refractivity contribution in [3.05, 3.63) is 59.7 Å². The van der Waals surface area contributed by atoms with E-state index in [-0.39, 0.29) is 23.6 Å². The van der Waals surface area contributed by atoms with Crippen molar-refractivity contribution < 1.29 is 23.9 Å². The highest BCUT2D eigenvalue weighted by molar-refractivity contribution is 5.97. The molecule has 0 unspecified atom stereocenters. The van der Waals surface area contributed by atoms with E-state index in [4.69, 9.17) is 4.74 Å². The van der Waals surface area contributed by atoms with E-state index in [1.165, 1.54) is 12.0 Å². The lowest BCUT2D eigenvalue weighted by Gasteiger charge is -2.40. The van der Waals surface area contributed by atoms with Crippen molar-refractivity contribution in [1.82, 2.24) is 20.4 Å². The van der Waals surface area contributed by atoms with Gasteiger partial charge in [-0.15, -0.1) is 0 Å². The van der Waals surface area contributed by atoms with Crippen LogP contribution in [0.3, 0.4) is 0 Å². The van der Waals surface area contributed by atoms with Crippen molar-refractivity contribution in [1.29, 1.82) is 0 Å². The Morgan fingerprint density at radius 1 is 1.05 bits per heavy atom. The van der Waals surface area contributed by atoms with Crippen molar-refractivity contribution in [2.24, 2.45) is 11.3 Å². The second-order valence-electron chi connectivity index (χ2n) is 13.0. The first kappa shape index (κ1) is 34.7. The number of nitrogens with one attached hydrogen (secondary N) is 2. The number of likely N-dealkylation sites (N-methyl/N-ethyl adjacent to an activating group) is 2. The third-order valence-electron chi connectivity index (χ3n) is 8.09. The average Bonchev–Trinajstić information content (AvgIpc) is 3.43. The van der Waals surface area contributed by atoms with Crippen LogP contribution in [0.5, 0.6) is 0 Å². The SMILES string of the molecule is CN[C@H](C(=O)N[C@H](C(=O)N(C)[C@H](/C=C(\C)C(=O)N1CC=C[C@H]1C(=O)OC)C(C)C)C(C)(C)C)C(C)(C)c1ccccc1. The maximum Gasteiger partial charge on any atom is 0.332 e. The molecule has 2 N–H and O–H groups in total. The number of benzene rings is 1. The van der Waals surface area contributed by atoms with Crippen LogP contribution >= 0.6 is 0 Å². The summed E-state index contributed by atoms with van der Waals surface area (Å²) in [5.41, 5.74) is 0.275. The van der Waals surface area contributed by atoms with Gasteiger partial charge >= 0.3 is 5.97 Å². The van der Waals surface area contributed by atoms with E-state index in [2.05, 4.69) is 10.6 Å². The number of rotatable bonds is 11. The van der Waals surface area contributed by atoms with Gasteiger partial charge in [-0.2, -0.15) is 0 Å². The smallest absolute Gasteiger partial charge is 0.332 e. The van der Waals surface area contributed by atoms with Gasteiger partial charge in [0, 0.05) is 24.6 Å². The summed E-state index contributed by atoms with van der Waals surface area (Å²) in [6.07, 6.45) is 5.19. The summed E-state index contributed by atoms with van der Waals surface area (Å²) in [5, 5.41) is 6.22. The maximum atomic E-state index is 14.1. The van der Waals surface area contributed by atoms with Crippen LogP contribution < -0.4 is 10.6 Å². The molecule has 0 bridgehead atoms. The summed E-state index contributed by atoms with van der Waals surface area (Å²) < 4.78 is 4.85. The Kier molecular flexibility index (Phi) is 11.7. The van der Waals surface area contributed by atoms with Crippen LogP contribution in [0.25, 0.3) is 0 Å². The number of esters is 1. The van der Waals surface area contributed by atoms with E-state index in [0.717, 1.165) is 5.56 Å². The van der Waals surface area contributed by atoms with E-state index in [9.17, 15) is 19.2 Å². The summed E-state index contributed by atoms with van der Waals surface area (Å²) in [7, 11) is 4.74. The van der Waals surface area contributed by atoms with Crippen LogP contribution in [-0.4, -0.2) is 85.4 Å². The number of methoxy groups -OCH3 is 1. The first-order valence-corrected chi connectivity index (χ1v) is 14.5. The standard InChI is InChI=1S/C33H50N4O5/c1-21(2)25(20-22(3)29(39)37-19-15-18-24(37)31(41)42-11)36(10)30(40)27(32(4,5)6)35-28(38)26(34-9)33(7,8)23-16-13-12-14-17-23/h12-18,20-21,24-27,34H,19H2,1-11H3,(H,35,38)/b22-20+/t24-,25+,26+,27+/m0/s1. The summed E-state index contributed by atoms with van der Waals surface area (Å²) in [5.74, 6) is -1.37. The molecule has 42 heavy (non-hydrogen) atoms.